The van der Waals surface area contributed by atoms with Crippen LogP contribution < -0.4 is 4.74 Å². The normalized spacial score (nSPS) is 12.4. The second kappa shape index (κ2) is 7.48. The van der Waals surface area contributed by atoms with E-state index in [0.29, 0.717) is 29.4 Å². The number of imidazole rings is 1. The standard InChI is InChI=1S/C16H20ClN3O3/c1-11-18-6-7-20(11)9-8-19(2)15(16(21)22)12-4-5-14(23-3)13(17)10-12/h4-7,10,15H,8-9H2,1-3H3,(H,21,22)/t15-/m0/s1. The smallest absolute Gasteiger partial charge is 0.325 e. The number of carboxylic acids is 1. The van der Waals surface area contributed by atoms with E-state index in [1.54, 1.807) is 36.3 Å². The molecular weight excluding hydrogens is 318 g/mol. The molecule has 2 rings (SSSR count). The summed E-state index contributed by atoms with van der Waals surface area (Å²) in [7, 11) is 3.30. The molecule has 0 aliphatic carbocycles. The highest BCUT2D eigenvalue weighted by Crippen LogP contribution is 2.29. The molecule has 0 spiro atoms. The molecule has 0 unspecified atom stereocenters. The Morgan fingerprint density at radius 1 is 1.52 bits per heavy atom. The number of nitrogens with zero attached hydrogens (tertiary/aromatic N) is 3. The number of rotatable bonds is 7. The Morgan fingerprint density at radius 2 is 2.26 bits per heavy atom. The summed E-state index contributed by atoms with van der Waals surface area (Å²) in [5.74, 6) is 0.505. The SMILES string of the molecule is COc1ccc([C@@H](C(=O)O)N(C)CCn2ccnc2C)cc1Cl. The molecule has 0 saturated heterocycles. The number of methoxy groups -OCH3 is 1. The van der Waals surface area contributed by atoms with Gasteiger partial charge >= 0.3 is 5.97 Å². The first kappa shape index (κ1) is 17.3. The number of hydrogen-bond donors (Lipinski definition) is 1. The average molecular weight is 338 g/mol. The average Bonchev–Trinajstić information content (AvgIpc) is 2.90. The molecule has 0 bridgehead atoms. The van der Waals surface area contributed by atoms with Gasteiger partial charge in [0.05, 0.1) is 12.1 Å². The summed E-state index contributed by atoms with van der Waals surface area (Å²) in [6.45, 7) is 3.14. The van der Waals surface area contributed by atoms with Crippen molar-refractivity contribution < 1.29 is 14.6 Å². The summed E-state index contributed by atoms with van der Waals surface area (Å²) in [5, 5.41) is 9.99. The molecule has 0 saturated carbocycles. The van der Waals surface area contributed by atoms with Gasteiger partial charge in [0.25, 0.3) is 0 Å². The fourth-order valence-corrected chi connectivity index (χ4v) is 2.74. The molecule has 124 valence electrons. The zero-order chi connectivity index (χ0) is 17.0. The van der Waals surface area contributed by atoms with Crippen LogP contribution in [0.25, 0.3) is 0 Å². The summed E-state index contributed by atoms with van der Waals surface area (Å²) >= 11 is 6.11. The quantitative estimate of drug-likeness (QED) is 0.841. The van der Waals surface area contributed by atoms with E-state index in [0.717, 1.165) is 5.82 Å². The second-order valence-corrected chi connectivity index (χ2v) is 5.69. The fraction of sp³-hybridized carbons (Fsp3) is 0.375. The van der Waals surface area contributed by atoms with Crippen LogP contribution in [0, 0.1) is 6.92 Å². The zero-order valence-corrected chi connectivity index (χ0v) is 14.1. The third-order valence-corrected chi connectivity index (χ3v) is 4.08. The van der Waals surface area contributed by atoms with E-state index < -0.39 is 12.0 Å². The van der Waals surface area contributed by atoms with Crippen molar-refractivity contribution in [2.75, 3.05) is 20.7 Å². The van der Waals surface area contributed by atoms with Crippen molar-refractivity contribution >= 4 is 17.6 Å². The number of likely N-dealkylation sites (N-methyl/N-ethyl adjacent to an activating group) is 1. The van der Waals surface area contributed by atoms with E-state index in [4.69, 9.17) is 16.3 Å². The number of aryl methyl sites for hydroxylation is 1. The second-order valence-electron chi connectivity index (χ2n) is 5.28. The number of carbonyl (C=O) groups is 1. The molecule has 1 aromatic carbocycles. The Hall–Kier alpha value is -2.05. The Morgan fingerprint density at radius 3 is 2.78 bits per heavy atom. The lowest BCUT2D eigenvalue weighted by Crippen LogP contribution is -2.33. The van der Waals surface area contributed by atoms with E-state index in [9.17, 15) is 9.90 Å². The molecule has 2 aromatic rings. The van der Waals surface area contributed by atoms with Gasteiger partial charge < -0.3 is 14.4 Å². The lowest BCUT2D eigenvalue weighted by atomic mass is 10.1. The summed E-state index contributed by atoms with van der Waals surface area (Å²) in [4.78, 5) is 17.6. The van der Waals surface area contributed by atoms with Crippen LogP contribution in [-0.2, 0) is 11.3 Å². The van der Waals surface area contributed by atoms with E-state index in [2.05, 4.69) is 4.98 Å². The maximum atomic E-state index is 11.7. The van der Waals surface area contributed by atoms with Crippen molar-refractivity contribution in [1.82, 2.24) is 14.5 Å². The highest BCUT2D eigenvalue weighted by molar-refractivity contribution is 6.32. The molecule has 0 aliphatic heterocycles. The molecule has 0 amide bonds. The zero-order valence-electron chi connectivity index (χ0n) is 13.4. The number of halogens is 1. The predicted molar refractivity (Wildman–Crippen MR) is 88.0 cm³/mol. The monoisotopic (exact) mass is 337 g/mol. The van der Waals surface area contributed by atoms with Crippen LogP contribution in [0.4, 0.5) is 0 Å². The lowest BCUT2D eigenvalue weighted by molar-refractivity contribution is -0.143. The Balaban J connectivity index is 2.15. The number of aromatic nitrogens is 2. The highest BCUT2D eigenvalue weighted by atomic mass is 35.5. The van der Waals surface area contributed by atoms with Crippen LogP contribution in [0.2, 0.25) is 5.02 Å². The third-order valence-electron chi connectivity index (χ3n) is 3.78. The van der Waals surface area contributed by atoms with Crippen LogP contribution in [0.3, 0.4) is 0 Å². The van der Waals surface area contributed by atoms with E-state index in [1.165, 1.54) is 7.11 Å². The van der Waals surface area contributed by atoms with Crippen molar-refractivity contribution in [3.63, 3.8) is 0 Å². The highest BCUT2D eigenvalue weighted by Gasteiger charge is 2.25. The predicted octanol–water partition coefficient (Wildman–Crippen LogP) is 2.61. The lowest BCUT2D eigenvalue weighted by Gasteiger charge is -2.25. The number of ether oxygens (including phenoxy) is 1. The van der Waals surface area contributed by atoms with Gasteiger partial charge in [-0.3, -0.25) is 9.69 Å². The number of carboxylic acid groups (broad SMARTS) is 1. The van der Waals surface area contributed by atoms with Gasteiger partial charge in [0, 0.05) is 25.5 Å². The first-order chi connectivity index (χ1) is 10.9. The van der Waals surface area contributed by atoms with Gasteiger partial charge in [-0.2, -0.15) is 0 Å². The summed E-state index contributed by atoms with van der Waals surface area (Å²) in [6.07, 6.45) is 3.61. The summed E-state index contributed by atoms with van der Waals surface area (Å²) in [6, 6.07) is 4.27. The molecule has 0 radical (unpaired) electrons. The molecule has 23 heavy (non-hydrogen) atoms. The van der Waals surface area contributed by atoms with Gasteiger partial charge in [0.2, 0.25) is 0 Å². The molecule has 0 fully saturated rings. The molecule has 1 heterocycles. The van der Waals surface area contributed by atoms with Crippen LogP contribution in [0.15, 0.2) is 30.6 Å². The van der Waals surface area contributed by atoms with Gasteiger partial charge in [-0.15, -0.1) is 0 Å². The van der Waals surface area contributed by atoms with E-state index in [-0.39, 0.29) is 0 Å². The molecular formula is C16H20ClN3O3. The first-order valence-corrected chi connectivity index (χ1v) is 7.56. The van der Waals surface area contributed by atoms with Crippen LogP contribution in [0.1, 0.15) is 17.4 Å². The summed E-state index contributed by atoms with van der Waals surface area (Å²) < 4.78 is 7.09. The van der Waals surface area contributed by atoms with Gasteiger partial charge in [-0.25, -0.2) is 4.98 Å². The molecule has 0 aliphatic rings. The molecule has 1 atom stereocenters. The van der Waals surface area contributed by atoms with E-state index in [1.807, 2.05) is 17.7 Å². The Labute approximate surface area is 140 Å². The van der Waals surface area contributed by atoms with Crippen molar-refractivity contribution in [3.05, 3.63) is 47.0 Å². The molecule has 1 N–H and O–H groups in total. The number of hydrogen-bond acceptors (Lipinski definition) is 4. The molecule has 6 nitrogen and oxygen atoms in total. The van der Waals surface area contributed by atoms with Gasteiger partial charge in [-0.05, 0) is 31.7 Å². The van der Waals surface area contributed by atoms with Gasteiger partial charge in [0.1, 0.15) is 17.6 Å². The van der Waals surface area contributed by atoms with Crippen LogP contribution in [0.5, 0.6) is 5.75 Å². The van der Waals surface area contributed by atoms with Crippen LogP contribution >= 0.6 is 11.6 Å². The van der Waals surface area contributed by atoms with Crippen molar-refractivity contribution in [1.29, 1.82) is 0 Å². The minimum atomic E-state index is -0.920. The Kier molecular flexibility index (Phi) is 5.63. The fourth-order valence-electron chi connectivity index (χ4n) is 2.47. The minimum absolute atomic E-state index is 0.398. The Bertz CT molecular complexity index is 687. The largest absolute Gasteiger partial charge is 0.495 e. The molecule has 7 heteroatoms. The summed E-state index contributed by atoms with van der Waals surface area (Å²) in [5.41, 5.74) is 0.619. The van der Waals surface area contributed by atoms with Gasteiger partial charge in [-0.1, -0.05) is 17.7 Å². The minimum Gasteiger partial charge on any atom is -0.495 e. The van der Waals surface area contributed by atoms with Crippen molar-refractivity contribution in [2.24, 2.45) is 0 Å². The number of aliphatic carboxylic acids is 1. The molecule has 1 aromatic heterocycles. The van der Waals surface area contributed by atoms with Gasteiger partial charge in [0.15, 0.2) is 0 Å². The van der Waals surface area contributed by atoms with E-state index >= 15 is 0 Å². The maximum absolute atomic E-state index is 11.7. The number of benzene rings is 1. The van der Waals surface area contributed by atoms with Crippen molar-refractivity contribution in [3.8, 4) is 5.75 Å². The maximum Gasteiger partial charge on any atom is 0.325 e. The topological polar surface area (TPSA) is 67.6 Å². The first-order valence-electron chi connectivity index (χ1n) is 7.18. The third kappa shape index (κ3) is 4.03. The van der Waals surface area contributed by atoms with Crippen molar-refractivity contribution in [2.45, 2.75) is 19.5 Å². The van der Waals surface area contributed by atoms with Crippen LogP contribution in [-0.4, -0.2) is 46.2 Å².